The summed E-state index contributed by atoms with van der Waals surface area (Å²) in [5.74, 6) is -0.0593. The number of nitrogens with one attached hydrogen (secondary N) is 1. The summed E-state index contributed by atoms with van der Waals surface area (Å²) in [5.41, 5.74) is 2.66. The van der Waals surface area contributed by atoms with Gasteiger partial charge in [-0.25, -0.2) is 9.78 Å². The molecule has 4 rings (SSSR count). The normalized spacial score (nSPS) is 11.1. The molecule has 0 aliphatic carbocycles. The molecule has 0 unspecified atom stereocenters. The Balaban J connectivity index is 1.51. The van der Waals surface area contributed by atoms with Crippen LogP contribution in [0.1, 0.15) is 16.2 Å². The first-order valence-electron chi connectivity index (χ1n) is 6.74. The van der Waals surface area contributed by atoms with Gasteiger partial charge in [-0.05, 0) is 24.3 Å². The summed E-state index contributed by atoms with van der Waals surface area (Å²) in [5, 5.41) is 7.68. The average Bonchev–Trinajstić information content (AvgIpc) is 3.17. The second-order valence-electron chi connectivity index (χ2n) is 4.82. The van der Waals surface area contributed by atoms with Crippen molar-refractivity contribution in [1.82, 2.24) is 15.2 Å². The number of hydrogen-bond acceptors (Lipinski definition) is 5. The molecule has 0 saturated heterocycles. The fourth-order valence-corrected chi connectivity index (χ4v) is 2.26. The minimum atomic E-state index is -0.432. The molecule has 6 nitrogen and oxygen atoms in total. The summed E-state index contributed by atoms with van der Waals surface area (Å²) in [6.07, 6.45) is 1.70. The predicted octanol–water partition coefficient (Wildman–Crippen LogP) is 3.06. The summed E-state index contributed by atoms with van der Waals surface area (Å²) < 4.78 is 10.7. The van der Waals surface area contributed by atoms with E-state index in [1.807, 2.05) is 30.3 Å². The second-order valence-corrected chi connectivity index (χ2v) is 4.82. The van der Waals surface area contributed by atoms with Crippen LogP contribution in [0.3, 0.4) is 0 Å². The first-order chi connectivity index (χ1) is 10.8. The van der Waals surface area contributed by atoms with Gasteiger partial charge in [-0.15, -0.1) is 0 Å². The quantitative estimate of drug-likeness (QED) is 0.587. The van der Waals surface area contributed by atoms with E-state index in [2.05, 4.69) is 15.2 Å². The zero-order valence-corrected chi connectivity index (χ0v) is 11.4. The molecule has 0 atom stereocenters. The maximum atomic E-state index is 12.1. The lowest BCUT2D eigenvalue weighted by molar-refractivity contribution is 0.0440. The highest BCUT2D eigenvalue weighted by Crippen LogP contribution is 2.17. The lowest BCUT2D eigenvalue weighted by Gasteiger charge is -2.02. The predicted molar refractivity (Wildman–Crippen MR) is 79.2 cm³/mol. The molecule has 6 heteroatoms. The maximum Gasteiger partial charge on any atom is 0.338 e. The van der Waals surface area contributed by atoms with E-state index in [0.29, 0.717) is 17.0 Å². The molecular weight excluding hydrogens is 282 g/mol. The molecule has 1 N–H and O–H groups in total. The third-order valence-corrected chi connectivity index (χ3v) is 3.34. The standard InChI is InChI=1S/C16H11N3O3/c20-16(10-5-6-11-8-17-19-13(11)7-10)21-9-15-18-12-3-1-2-4-14(12)22-15/h1-8H,9H2,(H,17,19). The highest BCUT2D eigenvalue weighted by atomic mass is 16.5. The topological polar surface area (TPSA) is 81.0 Å². The van der Waals surface area contributed by atoms with E-state index >= 15 is 0 Å². The summed E-state index contributed by atoms with van der Waals surface area (Å²) in [6, 6.07) is 12.6. The Hall–Kier alpha value is -3.15. The van der Waals surface area contributed by atoms with Crippen molar-refractivity contribution >= 4 is 28.0 Å². The number of ether oxygens (including phenoxy) is 1. The molecule has 2 aromatic carbocycles. The Bertz CT molecular complexity index is 938. The summed E-state index contributed by atoms with van der Waals surface area (Å²) >= 11 is 0. The minimum absolute atomic E-state index is 0.00543. The van der Waals surface area contributed by atoms with E-state index in [1.165, 1.54) is 0 Å². The summed E-state index contributed by atoms with van der Waals surface area (Å²) in [7, 11) is 0. The summed E-state index contributed by atoms with van der Waals surface area (Å²) in [6.45, 7) is -0.00543. The number of carbonyl (C=O) groups is 1. The van der Waals surface area contributed by atoms with Crippen molar-refractivity contribution in [2.75, 3.05) is 0 Å². The van der Waals surface area contributed by atoms with Crippen LogP contribution < -0.4 is 0 Å². The number of hydrogen-bond donors (Lipinski definition) is 1. The third-order valence-electron chi connectivity index (χ3n) is 3.34. The van der Waals surface area contributed by atoms with Crippen molar-refractivity contribution in [3.05, 3.63) is 60.1 Å². The van der Waals surface area contributed by atoms with Crippen molar-refractivity contribution in [2.24, 2.45) is 0 Å². The first kappa shape index (κ1) is 12.6. The number of H-pyrrole nitrogens is 1. The molecule has 0 spiro atoms. The van der Waals surface area contributed by atoms with Crippen molar-refractivity contribution in [2.45, 2.75) is 6.61 Å². The van der Waals surface area contributed by atoms with Gasteiger partial charge in [0.05, 0.1) is 17.3 Å². The van der Waals surface area contributed by atoms with Gasteiger partial charge >= 0.3 is 5.97 Å². The van der Waals surface area contributed by atoms with Crippen molar-refractivity contribution in [3.63, 3.8) is 0 Å². The Morgan fingerprint density at radius 1 is 1.23 bits per heavy atom. The molecule has 0 amide bonds. The molecule has 0 bridgehead atoms. The largest absolute Gasteiger partial charge is 0.452 e. The van der Waals surface area contributed by atoms with Crippen LogP contribution in [0.5, 0.6) is 0 Å². The highest BCUT2D eigenvalue weighted by molar-refractivity contribution is 5.94. The number of aromatic amines is 1. The molecule has 0 radical (unpaired) electrons. The molecule has 2 aromatic heterocycles. The van der Waals surface area contributed by atoms with Gasteiger partial charge in [-0.3, -0.25) is 5.10 Å². The number of nitrogens with zero attached hydrogens (tertiary/aromatic N) is 2. The third kappa shape index (κ3) is 2.20. The van der Waals surface area contributed by atoms with Crippen LogP contribution in [-0.4, -0.2) is 21.2 Å². The van der Waals surface area contributed by atoms with Crippen molar-refractivity contribution in [3.8, 4) is 0 Å². The molecule has 108 valence electrons. The number of oxazole rings is 1. The lowest BCUT2D eigenvalue weighted by atomic mass is 10.2. The highest BCUT2D eigenvalue weighted by Gasteiger charge is 2.11. The number of para-hydroxylation sites is 2. The van der Waals surface area contributed by atoms with E-state index in [9.17, 15) is 4.79 Å². The van der Waals surface area contributed by atoms with Crippen molar-refractivity contribution < 1.29 is 13.9 Å². The number of carbonyl (C=O) groups excluding carboxylic acids is 1. The first-order valence-corrected chi connectivity index (χ1v) is 6.74. The number of fused-ring (bicyclic) bond motifs is 2. The SMILES string of the molecule is O=C(OCc1nc2ccccc2o1)c1ccc2cn[nH]c2c1. The number of rotatable bonds is 3. The van der Waals surface area contributed by atoms with E-state index in [1.54, 1.807) is 18.3 Å². The fourth-order valence-electron chi connectivity index (χ4n) is 2.26. The summed E-state index contributed by atoms with van der Waals surface area (Å²) in [4.78, 5) is 16.3. The Morgan fingerprint density at radius 3 is 3.05 bits per heavy atom. The minimum Gasteiger partial charge on any atom is -0.452 e. The van der Waals surface area contributed by atoms with Gasteiger partial charge in [-0.2, -0.15) is 5.10 Å². The van der Waals surface area contributed by atoms with Gasteiger partial charge in [-0.1, -0.05) is 18.2 Å². The van der Waals surface area contributed by atoms with E-state index in [0.717, 1.165) is 16.4 Å². The van der Waals surface area contributed by atoms with E-state index in [-0.39, 0.29) is 6.61 Å². The van der Waals surface area contributed by atoms with Crippen molar-refractivity contribution in [1.29, 1.82) is 0 Å². The van der Waals surface area contributed by atoms with Crippen LogP contribution >= 0.6 is 0 Å². The molecule has 0 fully saturated rings. The van der Waals surface area contributed by atoms with E-state index < -0.39 is 5.97 Å². The Kier molecular flexibility index (Phi) is 2.86. The Labute approximate surface area is 124 Å². The van der Waals surface area contributed by atoms with Crippen LogP contribution in [0, 0.1) is 0 Å². The van der Waals surface area contributed by atoms with Gasteiger partial charge in [0, 0.05) is 5.39 Å². The van der Waals surface area contributed by atoms with Gasteiger partial charge in [0.15, 0.2) is 12.2 Å². The number of benzene rings is 2. The van der Waals surface area contributed by atoms with Crippen LogP contribution in [0.2, 0.25) is 0 Å². The van der Waals surface area contributed by atoms with Gasteiger partial charge < -0.3 is 9.15 Å². The van der Waals surface area contributed by atoms with Gasteiger partial charge in [0.1, 0.15) is 5.52 Å². The molecule has 0 aliphatic rings. The van der Waals surface area contributed by atoms with Gasteiger partial charge in [0.25, 0.3) is 0 Å². The van der Waals surface area contributed by atoms with Crippen LogP contribution in [-0.2, 0) is 11.3 Å². The number of aromatic nitrogens is 3. The van der Waals surface area contributed by atoms with Crippen LogP contribution in [0.15, 0.2) is 53.1 Å². The van der Waals surface area contributed by atoms with Gasteiger partial charge in [0.2, 0.25) is 5.89 Å². The molecule has 2 heterocycles. The smallest absolute Gasteiger partial charge is 0.338 e. The zero-order chi connectivity index (χ0) is 14.9. The Morgan fingerprint density at radius 2 is 2.14 bits per heavy atom. The van der Waals surface area contributed by atoms with Crippen LogP contribution in [0.4, 0.5) is 0 Å². The average molecular weight is 293 g/mol. The number of esters is 1. The fraction of sp³-hybridized carbons (Fsp3) is 0.0625. The van der Waals surface area contributed by atoms with E-state index in [4.69, 9.17) is 9.15 Å². The zero-order valence-electron chi connectivity index (χ0n) is 11.4. The van der Waals surface area contributed by atoms with Crippen LogP contribution in [0.25, 0.3) is 22.0 Å². The maximum absolute atomic E-state index is 12.1. The molecular formula is C16H11N3O3. The molecule has 22 heavy (non-hydrogen) atoms. The second kappa shape index (κ2) is 5.00. The molecule has 0 saturated carbocycles. The lowest BCUT2D eigenvalue weighted by Crippen LogP contribution is -2.05. The molecule has 0 aliphatic heterocycles. The monoisotopic (exact) mass is 293 g/mol. The molecule has 4 aromatic rings.